The second-order valence-electron chi connectivity index (χ2n) is 5.68. The summed E-state index contributed by atoms with van der Waals surface area (Å²) in [5, 5.41) is 0. The fraction of sp³-hybridized carbons (Fsp3) is 0.786. The van der Waals surface area contributed by atoms with Crippen LogP contribution in [0.15, 0.2) is 12.2 Å². The van der Waals surface area contributed by atoms with Gasteiger partial charge < -0.3 is 0 Å². The molecule has 0 aromatic heterocycles. The van der Waals surface area contributed by atoms with Crippen LogP contribution in [0.1, 0.15) is 46.0 Å². The van der Waals surface area contributed by atoms with Crippen molar-refractivity contribution in [1.29, 1.82) is 0 Å². The molecular formula is C14H25NO. The third kappa shape index (κ3) is 2.73. The summed E-state index contributed by atoms with van der Waals surface area (Å²) in [6.07, 6.45) is 4.98. The van der Waals surface area contributed by atoms with Gasteiger partial charge in [0, 0.05) is 6.42 Å². The monoisotopic (exact) mass is 223 g/mol. The van der Waals surface area contributed by atoms with Gasteiger partial charge in [-0.25, -0.2) is 0 Å². The molecule has 0 spiro atoms. The van der Waals surface area contributed by atoms with Crippen LogP contribution in [0.2, 0.25) is 0 Å². The van der Waals surface area contributed by atoms with Crippen molar-refractivity contribution in [2.24, 2.45) is 5.92 Å². The van der Waals surface area contributed by atoms with Crippen molar-refractivity contribution in [2.45, 2.75) is 51.5 Å². The topological polar surface area (TPSA) is 20.3 Å². The standard InChI is InChI=1S/C14H25NO/c1-11(2)9-13(16)14(15(4)5)8-6-7-12(3)10-14/h12H,1,6-10H2,2-5H3. The van der Waals surface area contributed by atoms with E-state index in [0.717, 1.165) is 18.4 Å². The lowest BCUT2D eigenvalue weighted by Crippen LogP contribution is -2.53. The van der Waals surface area contributed by atoms with Crippen LogP contribution in [0.4, 0.5) is 0 Å². The van der Waals surface area contributed by atoms with Gasteiger partial charge in [0.25, 0.3) is 0 Å². The third-order valence-corrected chi connectivity index (χ3v) is 3.81. The van der Waals surface area contributed by atoms with E-state index in [1.807, 2.05) is 21.0 Å². The van der Waals surface area contributed by atoms with E-state index < -0.39 is 0 Å². The number of hydrogen-bond donors (Lipinski definition) is 0. The van der Waals surface area contributed by atoms with E-state index in [0.29, 0.717) is 18.1 Å². The van der Waals surface area contributed by atoms with Gasteiger partial charge in [-0.1, -0.05) is 31.9 Å². The Labute approximate surface area is 99.7 Å². The lowest BCUT2D eigenvalue weighted by molar-refractivity contribution is -0.132. The minimum Gasteiger partial charge on any atom is -0.297 e. The zero-order valence-electron chi connectivity index (χ0n) is 11.2. The van der Waals surface area contributed by atoms with Gasteiger partial charge in [-0.15, -0.1) is 0 Å². The minimum absolute atomic E-state index is 0.226. The average molecular weight is 223 g/mol. The highest BCUT2D eigenvalue weighted by Crippen LogP contribution is 2.37. The highest BCUT2D eigenvalue weighted by atomic mass is 16.1. The van der Waals surface area contributed by atoms with E-state index in [9.17, 15) is 4.79 Å². The number of Topliss-reactive ketones (excluding diaryl/α,β-unsaturated/α-hetero) is 1. The van der Waals surface area contributed by atoms with E-state index in [1.54, 1.807) is 0 Å². The maximum absolute atomic E-state index is 12.4. The van der Waals surface area contributed by atoms with Gasteiger partial charge in [0.05, 0.1) is 5.54 Å². The van der Waals surface area contributed by atoms with Crippen LogP contribution in [0.3, 0.4) is 0 Å². The Bertz CT molecular complexity index is 282. The summed E-state index contributed by atoms with van der Waals surface area (Å²) in [5.41, 5.74) is 0.751. The van der Waals surface area contributed by atoms with Gasteiger partial charge in [-0.3, -0.25) is 9.69 Å². The van der Waals surface area contributed by atoms with Crippen molar-refractivity contribution in [3.05, 3.63) is 12.2 Å². The molecule has 0 radical (unpaired) electrons. The molecule has 2 heteroatoms. The first-order valence-corrected chi connectivity index (χ1v) is 6.23. The van der Waals surface area contributed by atoms with Crippen LogP contribution in [0.5, 0.6) is 0 Å². The molecule has 0 heterocycles. The van der Waals surface area contributed by atoms with Gasteiger partial charge in [-0.05, 0) is 39.8 Å². The third-order valence-electron chi connectivity index (χ3n) is 3.81. The van der Waals surface area contributed by atoms with Crippen molar-refractivity contribution >= 4 is 5.78 Å². The smallest absolute Gasteiger partial charge is 0.157 e. The molecule has 1 aliphatic carbocycles. The molecule has 0 N–H and O–H groups in total. The fourth-order valence-electron chi connectivity index (χ4n) is 2.87. The Balaban J connectivity index is 2.87. The molecule has 0 amide bonds. The number of nitrogens with zero attached hydrogens (tertiary/aromatic N) is 1. The zero-order valence-corrected chi connectivity index (χ0v) is 11.2. The molecule has 1 rings (SSSR count). The Morgan fingerprint density at radius 2 is 2.12 bits per heavy atom. The van der Waals surface area contributed by atoms with Crippen molar-refractivity contribution in [3.63, 3.8) is 0 Å². The summed E-state index contributed by atoms with van der Waals surface area (Å²) in [5.74, 6) is 1.02. The zero-order chi connectivity index (χ0) is 12.3. The first-order valence-electron chi connectivity index (χ1n) is 6.23. The van der Waals surface area contributed by atoms with Gasteiger partial charge in [-0.2, -0.15) is 0 Å². The lowest BCUT2D eigenvalue weighted by atomic mass is 9.72. The summed E-state index contributed by atoms with van der Waals surface area (Å²) in [4.78, 5) is 14.5. The highest BCUT2D eigenvalue weighted by molar-refractivity contribution is 5.90. The quantitative estimate of drug-likeness (QED) is 0.683. The predicted molar refractivity (Wildman–Crippen MR) is 68.5 cm³/mol. The lowest BCUT2D eigenvalue weighted by Gasteiger charge is -2.44. The maximum Gasteiger partial charge on any atom is 0.157 e. The molecule has 2 unspecified atom stereocenters. The Morgan fingerprint density at radius 3 is 2.56 bits per heavy atom. The summed E-state index contributed by atoms with van der Waals surface area (Å²) in [7, 11) is 4.07. The van der Waals surface area contributed by atoms with Crippen molar-refractivity contribution < 1.29 is 4.79 Å². The molecule has 16 heavy (non-hydrogen) atoms. The summed E-state index contributed by atoms with van der Waals surface area (Å²) < 4.78 is 0. The Kier molecular flexibility index (Phi) is 4.31. The fourth-order valence-corrected chi connectivity index (χ4v) is 2.87. The number of carbonyl (C=O) groups excluding carboxylic acids is 1. The molecule has 1 aliphatic rings. The van der Waals surface area contributed by atoms with Crippen LogP contribution in [-0.4, -0.2) is 30.3 Å². The van der Waals surface area contributed by atoms with Crippen LogP contribution >= 0.6 is 0 Å². The van der Waals surface area contributed by atoms with E-state index >= 15 is 0 Å². The Morgan fingerprint density at radius 1 is 1.50 bits per heavy atom. The van der Waals surface area contributed by atoms with Crippen LogP contribution in [-0.2, 0) is 4.79 Å². The molecular weight excluding hydrogens is 198 g/mol. The maximum atomic E-state index is 12.4. The summed E-state index contributed by atoms with van der Waals surface area (Å²) in [6, 6.07) is 0. The second-order valence-corrected chi connectivity index (χ2v) is 5.68. The number of rotatable bonds is 4. The summed E-state index contributed by atoms with van der Waals surface area (Å²) >= 11 is 0. The average Bonchev–Trinajstić information content (AvgIpc) is 2.16. The second kappa shape index (κ2) is 5.13. The number of allylic oxidation sites excluding steroid dienone is 1. The molecule has 1 fully saturated rings. The van der Waals surface area contributed by atoms with Crippen molar-refractivity contribution in [2.75, 3.05) is 14.1 Å². The van der Waals surface area contributed by atoms with E-state index in [1.165, 1.54) is 12.8 Å². The van der Waals surface area contributed by atoms with Crippen LogP contribution in [0, 0.1) is 5.92 Å². The van der Waals surface area contributed by atoms with E-state index in [-0.39, 0.29) is 5.54 Å². The number of hydrogen-bond acceptors (Lipinski definition) is 2. The van der Waals surface area contributed by atoms with Crippen LogP contribution in [0.25, 0.3) is 0 Å². The van der Waals surface area contributed by atoms with Crippen molar-refractivity contribution in [1.82, 2.24) is 4.90 Å². The SMILES string of the molecule is C=C(C)CC(=O)C1(N(C)C)CCCC(C)C1. The molecule has 92 valence electrons. The van der Waals surface area contributed by atoms with E-state index in [2.05, 4.69) is 18.4 Å². The summed E-state index contributed by atoms with van der Waals surface area (Å²) in [6.45, 7) is 8.05. The number of likely N-dealkylation sites (N-methyl/N-ethyl adjacent to an activating group) is 1. The molecule has 2 nitrogen and oxygen atoms in total. The number of ketones is 1. The molecule has 1 saturated carbocycles. The van der Waals surface area contributed by atoms with Gasteiger partial charge in [0.2, 0.25) is 0 Å². The van der Waals surface area contributed by atoms with Gasteiger partial charge >= 0.3 is 0 Å². The van der Waals surface area contributed by atoms with Gasteiger partial charge in [0.15, 0.2) is 5.78 Å². The van der Waals surface area contributed by atoms with Gasteiger partial charge in [0.1, 0.15) is 0 Å². The Hall–Kier alpha value is -0.630. The molecule has 0 bridgehead atoms. The number of carbonyl (C=O) groups is 1. The largest absolute Gasteiger partial charge is 0.297 e. The molecule has 0 aromatic rings. The normalized spacial score (nSPS) is 30.4. The molecule has 0 saturated heterocycles. The van der Waals surface area contributed by atoms with E-state index in [4.69, 9.17) is 0 Å². The first kappa shape index (κ1) is 13.4. The first-order chi connectivity index (χ1) is 7.38. The van der Waals surface area contributed by atoms with Crippen molar-refractivity contribution in [3.8, 4) is 0 Å². The van der Waals surface area contributed by atoms with Crippen LogP contribution < -0.4 is 0 Å². The molecule has 0 aliphatic heterocycles. The molecule has 2 atom stereocenters. The minimum atomic E-state index is -0.226. The molecule has 0 aromatic carbocycles. The highest BCUT2D eigenvalue weighted by Gasteiger charge is 2.42. The predicted octanol–water partition coefficient (Wildman–Crippen LogP) is 3.03.